The molecule has 0 aromatic heterocycles. The maximum Gasteiger partial charge on any atom is 0.0637 e. The number of halogens is 1. The van der Waals surface area contributed by atoms with E-state index in [1.807, 2.05) is 13.1 Å². The Bertz CT molecular complexity index is 326. The smallest absolute Gasteiger partial charge is 0.0637 e. The summed E-state index contributed by atoms with van der Waals surface area (Å²) in [6.45, 7) is 7.64. The minimum atomic E-state index is 0.782. The van der Waals surface area contributed by atoms with Crippen molar-refractivity contribution in [2.45, 2.75) is 26.8 Å². The van der Waals surface area contributed by atoms with Gasteiger partial charge in [0.15, 0.2) is 0 Å². The Labute approximate surface area is 104 Å². The zero-order valence-corrected chi connectivity index (χ0v) is 11.1. The van der Waals surface area contributed by atoms with Gasteiger partial charge in [-0.1, -0.05) is 31.5 Å². The van der Waals surface area contributed by atoms with Crippen molar-refractivity contribution >= 4 is 17.3 Å². The fourth-order valence-corrected chi connectivity index (χ4v) is 2.00. The summed E-state index contributed by atoms with van der Waals surface area (Å²) in [5, 5.41) is 3.89. The van der Waals surface area contributed by atoms with Crippen molar-refractivity contribution in [2.24, 2.45) is 0 Å². The first kappa shape index (κ1) is 13.3. The summed E-state index contributed by atoms with van der Waals surface area (Å²) < 4.78 is 0. The second-order valence-corrected chi connectivity index (χ2v) is 4.34. The Morgan fingerprint density at radius 3 is 2.62 bits per heavy atom. The molecule has 1 aromatic rings. The number of benzene rings is 1. The van der Waals surface area contributed by atoms with Gasteiger partial charge in [-0.15, -0.1) is 0 Å². The van der Waals surface area contributed by atoms with E-state index >= 15 is 0 Å². The second kappa shape index (κ2) is 6.77. The molecule has 1 N–H and O–H groups in total. The number of hydrogen-bond acceptors (Lipinski definition) is 2. The van der Waals surface area contributed by atoms with Crippen LogP contribution in [0.5, 0.6) is 0 Å². The Kier molecular flexibility index (Phi) is 5.64. The van der Waals surface area contributed by atoms with Crippen LogP contribution in [0, 0.1) is 0 Å². The first-order valence-electron chi connectivity index (χ1n) is 5.89. The van der Waals surface area contributed by atoms with E-state index in [2.05, 4.69) is 36.2 Å². The van der Waals surface area contributed by atoms with Gasteiger partial charge >= 0.3 is 0 Å². The summed E-state index contributed by atoms with van der Waals surface area (Å²) in [6, 6.07) is 6.19. The van der Waals surface area contributed by atoms with E-state index in [-0.39, 0.29) is 0 Å². The molecule has 0 aliphatic carbocycles. The molecule has 0 radical (unpaired) electrons. The lowest BCUT2D eigenvalue weighted by molar-refractivity contribution is 0.280. The van der Waals surface area contributed by atoms with Crippen LogP contribution in [-0.4, -0.2) is 25.0 Å². The summed E-state index contributed by atoms with van der Waals surface area (Å²) in [5.74, 6) is 0. The highest BCUT2D eigenvalue weighted by atomic mass is 35.5. The molecule has 0 saturated heterocycles. The van der Waals surface area contributed by atoms with Gasteiger partial charge in [0.05, 0.1) is 10.7 Å². The van der Waals surface area contributed by atoms with Gasteiger partial charge in [0.25, 0.3) is 0 Å². The van der Waals surface area contributed by atoms with Crippen LogP contribution in [0.3, 0.4) is 0 Å². The highest BCUT2D eigenvalue weighted by molar-refractivity contribution is 6.33. The SMILES string of the molecule is CCCN(CC)Cc1ccc(Cl)c(NC)c1. The maximum absolute atomic E-state index is 6.05. The van der Waals surface area contributed by atoms with E-state index in [9.17, 15) is 0 Å². The largest absolute Gasteiger partial charge is 0.387 e. The van der Waals surface area contributed by atoms with Gasteiger partial charge in [-0.25, -0.2) is 0 Å². The Morgan fingerprint density at radius 1 is 1.31 bits per heavy atom. The number of anilines is 1. The molecule has 0 heterocycles. The first-order valence-corrected chi connectivity index (χ1v) is 6.27. The molecule has 2 nitrogen and oxygen atoms in total. The van der Waals surface area contributed by atoms with Gasteiger partial charge in [0, 0.05) is 13.6 Å². The summed E-state index contributed by atoms with van der Waals surface area (Å²) in [4.78, 5) is 2.43. The zero-order valence-electron chi connectivity index (χ0n) is 10.4. The molecule has 1 aromatic carbocycles. The average Bonchev–Trinajstić information content (AvgIpc) is 2.30. The summed E-state index contributed by atoms with van der Waals surface area (Å²) in [6.07, 6.45) is 1.19. The minimum Gasteiger partial charge on any atom is -0.387 e. The van der Waals surface area contributed by atoms with Crippen LogP contribution in [0.15, 0.2) is 18.2 Å². The average molecular weight is 241 g/mol. The highest BCUT2D eigenvalue weighted by Gasteiger charge is 2.04. The minimum absolute atomic E-state index is 0.782. The molecule has 0 spiro atoms. The second-order valence-electron chi connectivity index (χ2n) is 3.93. The predicted molar refractivity (Wildman–Crippen MR) is 72.2 cm³/mol. The van der Waals surface area contributed by atoms with Crippen LogP contribution >= 0.6 is 11.6 Å². The molecule has 90 valence electrons. The monoisotopic (exact) mass is 240 g/mol. The third kappa shape index (κ3) is 3.69. The van der Waals surface area contributed by atoms with E-state index in [1.165, 1.54) is 12.0 Å². The molecule has 0 fully saturated rings. The standard InChI is InChI=1S/C13H21ClN2/c1-4-8-16(5-2)10-11-6-7-12(14)13(9-11)15-3/h6-7,9,15H,4-5,8,10H2,1-3H3. The van der Waals surface area contributed by atoms with Gasteiger partial charge in [0.2, 0.25) is 0 Å². The number of nitrogens with one attached hydrogen (secondary N) is 1. The number of nitrogens with zero attached hydrogens (tertiary/aromatic N) is 1. The van der Waals surface area contributed by atoms with E-state index < -0.39 is 0 Å². The van der Waals surface area contributed by atoms with Gasteiger partial charge in [-0.05, 0) is 37.2 Å². The number of rotatable bonds is 6. The quantitative estimate of drug-likeness (QED) is 0.817. The van der Waals surface area contributed by atoms with Gasteiger partial charge in [-0.2, -0.15) is 0 Å². The molecule has 0 atom stereocenters. The fourth-order valence-electron chi connectivity index (χ4n) is 1.79. The van der Waals surface area contributed by atoms with Crippen molar-refractivity contribution in [1.82, 2.24) is 4.90 Å². The summed E-state index contributed by atoms with van der Waals surface area (Å²) in [7, 11) is 1.90. The summed E-state index contributed by atoms with van der Waals surface area (Å²) in [5.41, 5.74) is 2.32. The third-order valence-electron chi connectivity index (χ3n) is 2.69. The molecule has 0 aliphatic rings. The fraction of sp³-hybridized carbons (Fsp3) is 0.538. The van der Waals surface area contributed by atoms with Crippen LogP contribution in [0.1, 0.15) is 25.8 Å². The van der Waals surface area contributed by atoms with Crippen LogP contribution in [0.4, 0.5) is 5.69 Å². The van der Waals surface area contributed by atoms with E-state index in [1.54, 1.807) is 0 Å². The van der Waals surface area contributed by atoms with Gasteiger partial charge in [-0.3, -0.25) is 4.90 Å². The van der Waals surface area contributed by atoms with Crippen molar-refractivity contribution in [2.75, 3.05) is 25.5 Å². The van der Waals surface area contributed by atoms with E-state index in [0.29, 0.717) is 0 Å². The summed E-state index contributed by atoms with van der Waals surface area (Å²) >= 11 is 6.05. The number of hydrogen-bond donors (Lipinski definition) is 1. The maximum atomic E-state index is 6.05. The van der Waals surface area contributed by atoms with E-state index in [0.717, 1.165) is 30.3 Å². The zero-order chi connectivity index (χ0) is 12.0. The highest BCUT2D eigenvalue weighted by Crippen LogP contribution is 2.23. The molecule has 16 heavy (non-hydrogen) atoms. The topological polar surface area (TPSA) is 15.3 Å². The van der Waals surface area contributed by atoms with Crippen molar-refractivity contribution < 1.29 is 0 Å². The van der Waals surface area contributed by atoms with Crippen LogP contribution in [0.25, 0.3) is 0 Å². The molecule has 0 amide bonds. The first-order chi connectivity index (χ1) is 7.71. The van der Waals surface area contributed by atoms with Crippen LogP contribution < -0.4 is 5.32 Å². The molecule has 0 unspecified atom stereocenters. The molecule has 1 rings (SSSR count). The molecule has 0 bridgehead atoms. The molecular formula is C13H21ClN2. The lowest BCUT2D eigenvalue weighted by Gasteiger charge is -2.20. The lowest BCUT2D eigenvalue weighted by atomic mass is 10.2. The molecular weight excluding hydrogens is 220 g/mol. The van der Waals surface area contributed by atoms with Crippen LogP contribution in [0.2, 0.25) is 5.02 Å². The Hall–Kier alpha value is -0.730. The molecule has 3 heteroatoms. The van der Waals surface area contributed by atoms with Gasteiger partial charge < -0.3 is 5.32 Å². The molecule has 0 aliphatic heterocycles. The molecule has 0 saturated carbocycles. The Balaban J connectivity index is 2.72. The van der Waals surface area contributed by atoms with Crippen molar-refractivity contribution in [3.63, 3.8) is 0 Å². The normalized spacial score (nSPS) is 10.8. The third-order valence-corrected chi connectivity index (χ3v) is 3.02. The van der Waals surface area contributed by atoms with Crippen molar-refractivity contribution in [1.29, 1.82) is 0 Å². The van der Waals surface area contributed by atoms with Crippen molar-refractivity contribution in [3.05, 3.63) is 28.8 Å². The van der Waals surface area contributed by atoms with Crippen LogP contribution in [-0.2, 0) is 6.54 Å². The lowest BCUT2D eigenvalue weighted by Crippen LogP contribution is -2.23. The predicted octanol–water partition coefficient (Wildman–Crippen LogP) is 3.61. The van der Waals surface area contributed by atoms with E-state index in [4.69, 9.17) is 11.6 Å². The Morgan fingerprint density at radius 2 is 2.06 bits per heavy atom. The van der Waals surface area contributed by atoms with Crippen molar-refractivity contribution in [3.8, 4) is 0 Å². The van der Waals surface area contributed by atoms with Gasteiger partial charge in [0.1, 0.15) is 0 Å².